The fourth-order valence-corrected chi connectivity index (χ4v) is 3.14. The lowest BCUT2D eigenvalue weighted by atomic mass is 9.93. The fraction of sp³-hybridized carbons (Fsp3) is 0.571. The molecule has 0 radical (unpaired) electrons. The predicted molar refractivity (Wildman–Crippen MR) is 75.0 cm³/mol. The maximum Gasteiger partial charge on any atom is 0.0642 e. The smallest absolute Gasteiger partial charge is 0.0642 e. The van der Waals surface area contributed by atoms with E-state index in [9.17, 15) is 0 Å². The molecule has 1 fully saturated rings. The average Bonchev–Trinajstić information content (AvgIpc) is 2.29. The highest BCUT2D eigenvalue weighted by atomic mass is 35.5. The summed E-state index contributed by atoms with van der Waals surface area (Å²) in [6.45, 7) is 6.60. The third kappa shape index (κ3) is 2.58. The zero-order valence-corrected chi connectivity index (χ0v) is 11.6. The second-order valence-corrected chi connectivity index (χ2v) is 5.42. The molecule has 2 rings (SSSR count). The molecule has 1 N–H and O–H groups in total. The predicted octanol–water partition coefficient (Wildman–Crippen LogP) is 3.08. The van der Waals surface area contributed by atoms with Gasteiger partial charge in [-0.1, -0.05) is 30.7 Å². The Bertz CT molecular complexity index is 372. The number of halogens is 1. The Balaban J connectivity index is 2.19. The Hall–Kier alpha value is -0.730. The van der Waals surface area contributed by atoms with Crippen LogP contribution in [0.15, 0.2) is 18.2 Å². The van der Waals surface area contributed by atoms with E-state index in [1.54, 1.807) is 0 Å². The van der Waals surface area contributed by atoms with Crippen LogP contribution in [0.2, 0.25) is 5.02 Å². The molecule has 1 saturated heterocycles. The lowest BCUT2D eigenvalue weighted by Gasteiger charge is -2.39. The van der Waals surface area contributed by atoms with E-state index >= 15 is 0 Å². The van der Waals surface area contributed by atoms with Gasteiger partial charge in [0.15, 0.2) is 0 Å². The first-order valence-electron chi connectivity index (χ1n) is 6.30. The highest BCUT2D eigenvalue weighted by Gasteiger charge is 2.26. The van der Waals surface area contributed by atoms with Crippen molar-refractivity contribution < 1.29 is 0 Å². The fourth-order valence-electron chi connectivity index (χ4n) is 2.80. The highest BCUT2D eigenvalue weighted by molar-refractivity contribution is 6.33. The summed E-state index contributed by atoms with van der Waals surface area (Å²) in [5, 5.41) is 4.27. The van der Waals surface area contributed by atoms with Gasteiger partial charge in [-0.2, -0.15) is 0 Å². The zero-order chi connectivity index (χ0) is 12.4. The van der Waals surface area contributed by atoms with E-state index in [1.165, 1.54) is 17.7 Å². The quantitative estimate of drug-likeness (QED) is 0.870. The molecule has 17 heavy (non-hydrogen) atoms. The minimum absolute atomic E-state index is 0.633. The molecule has 0 aromatic heterocycles. The Morgan fingerprint density at radius 2 is 2.18 bits per heavy atom. The summed E-state index contributed by atoms with van der Waals surface area (Å²) < 4.78 is 0. The second kappa shape index (κ2) is 5.28. The van der Waals surface area contributed by atoms with Crippen molar-refractivity contribution in [3.8, 4) is 0 Å². The molecule has 0 aliphatic carbocycles. The van der Waals surface area contributed by atoms with E-state index in [2.05, 4.69) is 37.2 Å². The molecule has 94 valence electrons. The van der Waals surface area contributed by atoms with Crippen LogP contribution in [-0.2, 0) is 0 Å². The third-order valence-electron chi connectivity index (χ3n) is 3.78. The number of benzene rings is 1. The molecule has 1 aromatic rings. The maximum absolute atomic E-state index is 6.32. The van der Waals surface area contributed by atoms with Gasteiger partial charge in [-0.3, -0.25) is 0 Å². The maximum atomic E-state index is 6.32. The van der Waals surface area contributed by atoms with E-state index < -0.39 is 0 Å². The van der Waals surface area contributed by atoms with Gasteiger partial charge in [0.2, 0.25) is 0 Å². The van der Waals surface area contributed by atoms with Gasteiger partial charge in [0.1, 0.15) is 0 Å². The van der Waals surface area contributed by atoms with Gasteiger partial charge in [0.25, 0.3) is 0 Å². The molecule has 1 heterocycles. The van der Waals surface area contributed by atoms with Crippen molar-refractivity contribution in [2.24, 2.45) is 5.92 Å². The molecule has 3 heteroatoms. The minimum atomic E-state index is 0.633. The van der Waals surface area contributed by atoms with E-state index in [4.69, 9.17) is 11.6 Å². The number of para-hydroxylation sites is 1. The number of piperidine rings is 1. The van der Waals surface area contributed by atoms with Crippen molar-refractivity contribution in [1.29, 1.82) is 0 Å². The van der Waals surface area contributed by atoms with Crippen molar-refractivity contribution in [3.05, 3.63) is 28.8 Å². The number of anilines is 1. The van der Waals surface area contributed by atoms with E-state index in [-0.39, 0.29) is 0 Å². The summed E-state index contributed by atoms with van der Waals surface area (Å²) in [6, 6.07) is 6.77. The highest BCUT2D eigenvalue weighted by Crippen LogP contribution is 2.32. The molecule has 0 saturated carbocycles. The SMILES string of the molecule is CNC1CCN(c2c(C)cccc2Cl)CC1C. The van der Waals surface area contributed by atoms with Crippen LogP contribution in [0.25, 0.3) is 0 Å². The first-order chi connectivity index (χ1) is 8.13. The van der Waals surface area contributed by atoms with Crippen LogP contribution in [0.3, 0.4) is 0 Å². The summed E-state index contributed by atoms with van der Waals surface area (Å²) in [5.74, 6) is 0.657. The molecule has 0 spiro atoms. The standard InChI is InChI=1S/C14H21ClN2/c1-10-5-4-6-12(15)14(10)17-8-7-13(16-3)11(2)9-17/h4-6,11,13,16H,7-9H2,1-3H3. The molecule has 1 aromatic carbocycles. The van der Waals surface area contributed by atoms with Gasteiger partial charge in [0.05, 0.1) is 10.7 Å². The number of hydrogen-bond donors (Lipinski definition) is 1. The molecular weight excluding hydrogens is 232 g/mol. The van der Waals surface area contributed by atoms with Gasteiger partial charge in [-0.15, -0.1) is 0 Å². The number of nitrogens with one attached hydrogen (secondary N) is 1. The molecular formula is C14H21ClN2. The van der Waals surface area contributed by atoms with E-state index in [0.717, 1.165) is 18.1 Å². The van der Waals surface area contributed by atoms with Crippen LogP contribution in [0.5, 0.6) is 0 Å². The van der Waals surface area contributed by atoms with Crippen LogP contribution in [0, 0.1) is 12.8 Å². The summed E-state index contributed by atoms with van der Waals surface area (Å²) in [7, 11) is 2.05. The minimum Gasteiger partial charge on any atom is -0.370 e. The van der Waals surface area contributed by atoms with Gasteiger partial charge in [0, 0.05) is 19.1 Å². The summed E-state index contributed by atoms with van der Waals surface area (Å²) in [5.41, 5.74) is 2.49. The second-order valence-electron chi connectivity index (χ2n) is 5.01. The lowest BCUT2D eigenvalue weighted by molar-refractivity contribution is 0.339. The van der Waals surface area contributed by atoms with E-state index in [0.29, 0.717) is 12.0 Å². The Morgan fingerprint density at radius 3 is 2.76 bits per heavy atom. The van der Waals surface area contributed by atoms with Gasteiger partial charge in [-0.05, 0) is 37.9 Å². The van der Waals surface area contributed by atoms with Gasteiger partial charge in [-0.25, -0.2) is 0 Å². The number of aryl methyl sites for hydroxylation is 1. The monoisotopic (exact) mass is 252 g/mol. The Labute approximate surface area is 109 Å². The normalized spacial score (nSPS) is 25.1. The van der Waals surface area contributed by atoms with Crippen LogP contribution < -0.4 is 10.2 Å². The Kier molecular flexibility index (Phi) is 3.95. The lowest BCUT2D eigenvalue weighted by Crippen LogP contribution is -2.47. The van der Waals surface area contributed by atoms with E-state index in [1.807, 2.05) is 12.1 Å². The number of rotatable bonds is 2. The van der Waals surface area contributed by atoms with Crippen LogP contribution in [0.1, 0.15) is 18.9 Å². The molecule has 2 atom stereocenters. The molecule has 1 aliphatic rings. The molecule has 2 nitrogen and oxygen atoms in total. The molecule has 0 amide bonds. The van der Waals surface area contributed by atoms with Crippen molar-refractivity contribution in [1.82, 2.24) is 5.32 Å². The van der Waals surface area contributed by atoms with Gasteiger partial charge >= 0.3 is 0 Å². The van der Waals surface area contributed by atoms with Crippen molar-refractivity contribution in [2.75, 3.05) is 25.0 Å². The Morgan fingerprint density at radius 1 is 1.41 bits per heavy atom. The summed E-state index contributed by atoms with van der Waals surface area (Å²) in [6.07, 6.45) is 1.18. The van der Waals surface area contributed by atoms with Crippen LogP contribution >= 0.6 is 11.6 Å². The van der Waals surface area contributed by atoms with Crippen molar-refractivity contribution in [2.45, 2.75) is 26.3 Å². The molecule has 0 bridgehead atoms. The van der Waals surface area contributed by atoms with Crippen molar-refractivity contribution in [3.63, 3.8) is 0 Å². The molecule has 1 aliphatic heterocycles. The largest absolute Gasteiger partial charge is 0.370 e. The van der Waals surface area contributed by atoms with Crippen LogP contribution in [-0.4, -0.2) is 26.2 Å². The average molecular weight is 253 g/mol. The topological polar surface area (TPSA) is 15.3 Å². The first-order valence-corrected chi connectivity index (χ1v) is 6.68. The molecule has 2 unspecified atom stereocenters. The zero-order valence-electron chi connectivity index (χ0n) is 10.8. The summed E-state index contributed by atoms with van der Waals surface area (Å²) in [4.78, 5) is 2.43. The third-order valence-corrected chi connectivity index (χ3v) is 4.09. The van der Waals surface area contributed by atoms with Crippen LogP contribution in [0.4, 0.5) is 5.69 Å². The number of nitrogens with zero attached hydrogens (tertiary/aromatic N) is 1. The first kappa shape index (κ1) is 12.7. The van der Waals surface area contributed by atoms with Gasteiger partial charge < -0.3 is 10.2 Å². The summed E-state index contributed by atoms with van der Waals surface area (Å²) >= 11 is 6.32. The van der Waals surface area contributed by atoms with Crippen molar-refractivity contribution >= 4 is 17.3 Å². The number of hydrogen-bond acceptors (Lipinski definition) is 2.